The van der Waals surface area contributed by atoms with Gasteiger partial charge in [-0.3, -0.25) is 0 Å². The molecule has 1 aromatic heterocycles. The quantitative estimate of drug-likeness (QED) is 0.686. The Kier molecular flexibility index (Phi) is 1.92. The van der Waals surface area contributed by atoms with E-state index in [2.05, 4.69) is 9.72 Å². The molecule has 0 radical (unpaired) electrons. The molecule has 5 nitrogen and oxygen atoms in total. The molecule has 0 bridgehead atoms. The minimum atomic E-state index is -2.98. The minimum Gasteiger partial charge on any atom is -0.476 e. The van der Waals surface area contributed by atoms with Crippen LogP contribution in [-0.2, 0) is 16.0 Å². The number of pyridine rings is 1. The van der Waals surface area contributed by atoms with Crippen molar-refractivity contribution in [2.45, 2.75) is 12.3 Å². The molecule has 1 aromatic rings. The van der Waals surface area contributed by atoms with Crippen LogP contribution in [0.1, 0.15) is 16.1 Å². The second-order valence-electron chi connectivity index (χ2n) is 3.11. The number of alkyl halides is 1. The third-order valence-corrected chi connectivity index (χ3v) is 2.08. The number of carboxylic acids is 1. The molecule has 1 aliphatic rings. The smallest absolute Gasteiger partial charge is 0.382 e. The first-order chi connectivity index (χ1) is 7.03. The van der Waals surface area contributed by atoms with Crippen molar-refractivity contribution in [2.75, 3.05) is 0 Å². The number of carbonyl (C=O) groups excluding carboxylic acids is 1. The fourth-order valence-corrected chi connectivity index (χ4v) is 1.36. The Bertz CT molecular complexity index is 447. The van der Waals surface area contributed by atoms with Gasteiger partial charge in [0, 0.05) is 6.20 Å². The number of carbonyl (C=O) groups is 2. The maximum Gasteiger partial charge on any atom is 0.382 e. The molecular formula is C9H6FNO4. The Balaban J connectivity index is 2.47. The van der Waals surface area contributed by atoms with Gasteiger partial charge in [-0.2, -0.15) is 4.39 Å². The van der Waals surface area contributed by atoms with Gasteiger partial charge in [0.15, 0.2) is 5.69 Å². The zero-order valence-electron chi connectivity index (χ0n) is 7.44. The van der Waals surface area contributed by atoms with Gasteiger partial charge in [0.1, 0.15) is 0 Å². The topological polar surface area (TPSA) is 76.5 Å². The summed E-state index contributed by atoms with van der Waals surface area (Å²) in [6.45, 7) is 0. The largest absolute Gasteiger partial charge is 0.476 e. The minimum absolute atomic E-state index is 0.0352. The van der Waals surface area contributed by atoms with Gasteiger partial charge >= 0.3 is 17.8 Å². The van der Waals surface area contributed by atoms with Gasteiger partial charge in [-0.05, 0) is 11.6 Å². The van der Waals surface area contributed by atoms with Gasteiger partial charge < -0.3 is 9.84 Å². The highest BCUT2D eigenvalue weighted by Crippen LogP contribution is 2.28. The van der Waals surface area contributed by atoms with Crippen molar-refractivity contribution >= 4 is 11.9 Å². The number of aliphatic carboxylic acids is 1. The second-order valence-corrected chi connectivity index (χ2v) is 3.11. The lowest BCUT2D eigenvalue weighted by Gasteiger charge is -2.25. The summed E-state index contributed by atoms with van der Waals surface area (Å²) in [5.74, 6) is -5.85. The van der Waals surface area contributed by atoms with E-state index in [-0.39, 0.29) is 11.3 Å². The highest BCUT2D eigenvalue weighted by atomic mass is 19.2. The van der Waals surface area contributed by atoms with Crippen LogP contribution >= 0.6 is 0 Å². The molecule has 15 heavy (non-hydrogen) atoms. The number of carboxylic acid groups (broad SMARTS) is 1. The molecular weight excluding hydrogens is 205 g/mol. The van der Waals surface area contributed by atoms with E-state index in [1.165, 1.54) is 18.3 Å². The summed E-state index contributed by atoms with van der Waals surface area (Å²) in [6, 6.07) is 2.94. The van der Waals surface area contributed by atoms with E-state index in [9.17, 15) is 14.0 Å². The molecule has 1 aliphatic heterocycles. The molecule has 2 heterocycles. The third-order valence-electron chi connectivity index (χ3n) is 2.08. The fraction of sp³-hybridized carbons (Fsp3) is 0.222. The predicted octanol–water partition coefficient (Wildman–Crippen LogP) is 0.545. The first-order valence-corrected chi connectivity index (χ1v) is 4.12. The van der Waals surface area contributed by atoms with Crippen molar-refractivity contribution in [3.63, 3.8) is 0 Å². The molecule has 1 unspecified atom stereocenters. The van der Waals surface area contributed by atoms with E-state index in [4.69, 9.17) is 5.11 Å². The molecule has 0 saturated carbocycles. The standard InChI is InChI=1S/C9H6FNO4/c10-9(8(13)14)4-5-2-1-3-11-6(5)7(12)15-9/h1-3H,4H2,(H,13,14). The number of fused-ring (bicyclic) bond motifs is 1. The van der Waals surface area contributed by atoms with Crippen molar-refractivity contribution in [2.24, 2.45) is 0 Å². The van der Waals surface area contributed by atoms with Crippen LogP contribution in [0.5, 0.6) is 0 Å². The van der Waals surface area contributed by atoms with Gasteiger partial charge in [-0.15, -0.1) is 0 Å². The summed E-state index contributed by atoms with van der Waals surface area (Å²) in [5, 5.41) is 8.57. The number of hydrogen-bond acceptors (Lipinski definition) is 4. The molecule has 1 N–H and O–H groups in total. The molecule has 6 heteroatoms. The number of esters is 1. The third kappa shape index (κ3) is 1.43. The highest BCUT2D eigenvalue weighted by molar-refractivity contribution is 5.93. The van der Waals surface area contributed by atoms with Crippen molar-refractivity contribution < 1.29 is 23.8 Å². The summed E-state index contributed by atoms with van der Waals surface area (Å²) in [7, 11) is 0. The average Bonchev–Trinajstić information content (AvgIpc) is 2.17. The van der Waals surface area contributed by atoms with Crippen LogP contribution in [0.4, 0.5) is 4.39 Å². The van der Waals surface area contributed by atoms with Crippen molar-refractivity contribution in [3.05, 3.63) is 29.6 Å². The lowest BCUT2D eigenvalue weighted by molar-refractivity contribution is -0.182. The van der Waals surface area contributed by atoms with E-state index in [0.29, 0.717) is 0 Å². The molecule has 0 spiro atoms. The Hall–Kier alpha value is -1.98. The summed E-state index contributed by atoms with van der Waals surface area (Å²) in [6.07, 6.45) is 0.837. The summed E-state index contributed by atoms with van der Waals surface area (Å²) >= 11 is 0. The number of aromatic nitrogens is 1. The molecule has 0 amide bonds. The Morgan fingerprint density at radius 1 is 1.67 bits per heavy atom. The molecule has 0 fully saturated rings. The van der Waals surface area contributed by atoms with Gasteiger partial charge in [0.05, 0.1) is 6.42 Å². The maximum absolute atomic E-state index is 13.6. The van der Waals surface area contributed by atoms with Crippen molar-refractivity contribution in [3.8, 4) is 0 Å². The number of rotatable bonds is 1. The molecule has 78 valence electrons. The predicted molar refractivity (Wildman–Crippen MR) is 44.8 cm³/mol. The Morgan fingerprint density at radius 3 is 3.07 bits per heavy atom. The number of halogens is 1. The van der Waals surface area contributed by atoms with Crippen LogP contribution in [0.25, 0.3) is 0 Å². The van der Waals surface area contributed by atoms with Crippen LogP contribution in [-0.4, -0.2) is 27.9 Å². The molecule has 0 saturated heterocycles. The molecule has 2 rings (SSSR count). The van der Waals surface area contributed by atoms with Crippen molar-refractivity contribution in [1.29, 1.82) is 0 Å². The summed E-state index contributed by atoms with van der Waals surface area (Å²) in [4.78, 5) is 25.5. The molecule has 0 aliphatic carbocycles. The lowest BCUT2D eigenvalue weighted by Crippen LogP contribution is -2.44. The van der Waals surface area contributed by atoms with E-state index in [0.717, 1.165) is 0 Å². The monoisotopic (exact) mass is 211 g/mol. The first-order valence-electron chi connectivity index (χ1n) is 4.12. The highest BCUT2D eigenvalue weighted by Gasteiger charge is 2.48. The maximum atomic E-state index is 13.6. The average molecular weight is 211 g/mol. The van der Waals surface area contributed by atoms with Crippen LogP contribution in [0.3, 0.4) is 0 Å². The Labute approximate surface area is 83.5 Å². The lowest BCUT2D eigenvalue weighted by atomic mass is 10.0. The van der Waals surface area contributed by atoms with Gasteiger partial charge in [-0.1, -0.05) is 6.07 Å². The van der Waals surface area contributed by atoms with Crippen molar-refractivity contribution in [1.82, 2.24) is 4.98 Å². The van der Waals surface area contributed by atoms with Crippen LogP contribution in [0.2, 0.25) is 0 Å². The zero-order valence-corrected chi connectivity index (χ0v) is 7.44. The number of hydrogen-bond donors (Lipinski definition) is 1. The van der Waals surface area contributed by atoms with E-state index < -0.39 is 24.2 Å². The van der Waals surface area contributed by atoms with E-state index >= 15 is 0 Å². The number of nitrogens with zero attached hydrogens (tertiary/aromatic N) is 1. The van der Waals surface area contributed by atoms with Crippen LogP contribution in [0, 0.1) is 0 Å². The van der Waals surface area contributed by atoms with Gasteiger partial charge in [0.2, 0.25) is 0 Å². The SMILES string of the molecule is O=C1OC(F)(C(=O)O)Cc2cccnc21. The second kappa shape index (κ2) is 3.01. The molecule has 0 aromatic carbocycles. The number of ether oxygens (including phenoxy) is 1. The normalized spacial score (nSPS) is 24.2. The first kappa shape index (κ1) is 9.57. The van der Waals surface area contributed by atoms with Crippen LogP contribution < -0.4 is 0 Å². The zero-order chi connectivity index (χ0) is 11.1. The number of cyclic esters (lactones) is 1. The summed E-state index contributed by atoms with van der Waals surface area (Å²) < 4.78 is 17.7. The molecule has 1 atom stereocenters. The van der Waals surface area contributed by atoms with Gasteiger partial charge in [0.25, 0.3) is 0 Å². The van der Waals surface area contributed by atoms with E-state index in [1.807, 2.05) is 0 Å². The fourth-order valence-electron chi connectivity index (χ4n) is 1.36. The summed E-state index contributed by atoms with van der Waals surface area (Å²) in [5.41, 5.74) is 0.200. The van der Waals surface area contributed by atoms with Gasteiger partial charge in [-0.25, -0.2) is 14.6 Å². The Morgan fingerprint density at radius 2 is 2.40 bits per heavy atom. The van der Waals surface area contributed by atoms with Crippen LogP contribution in [0.15, 0.2) is 18.3 Å². The van der Waals surface area contributed by atoms with E-state index in [1.54, 1.807) is 0 Å².